The molecule has 9 heteroatoms. The summed E-state index contributed by atoms with van der Waals surface area (Å²) >= 11 is 12.3. The number of halogens is 2. The quantitative estimate of drug-likeness (QED) is 0.651. The smallest absolute Gasteiger partial charge is 0.260 e. The molecule has 2 aromatic rings. The fraction of sp³-hybridized carbons (Fsp3) is 0.474. The predicted molar refractivity (Wildman–Crippen MR) is 111 cm³/mol. The van der Waals surface area contributed by atoms with Crippen LogP contribution >= 0.6 is 23.2 Å². The largest absolute Gasteiger partial charge is 0.394 e. The highest BCUT2D eigenvalue weighted by Gasteiger charge is 2.22. The van der Waals surface area contributed by atoms with Gasteiger partial charge in [-0.05, 0) is 31.9 Å². The lowest BCUT2D eigenvalue weighted by Crippen LogP contribution is -2.45. The molecule has 3 N–H and O–H groups in total. The van der Waals surface area contributed by atoms with E-state index in [9.17, 15) is 9.90 Å². The molecular weight excluding hydrogens is 403 g/mol. The molecule has 1 aromatic carbocycles. The minimum Gasteiger partial charge on any atom is -0.394 e. The van der Waals surface area contributed by atoms with Crippen molar-refractivity contribution in [3.05, 3.63) is 50.5 Å². The number of hydrogen-bond donors (Lipinski definition) is 3. The Morgan fingerprint density at radius 3 is 2.68 bits per heavy atom. The van der Waals surface area contributed by atoms with Crippen LogP contribution in [0.15, 0.2) is 29.1 Å². The minimum atomic E-state index is -0.742. The summed E-state index contributed by atoms with van der Waals surface area (Å²) in [5.41, 5.74) is 0.305. The number of nitrogens with zero attached hydrogens (tertiary/aromatic N) is 3. The van der Waals surface area contributed by atoms with E-state index in [2.05, 4.69) is 15.2 Å². The van der Waals surface area contributed by atoms with E-state index in [0.29, 0.717) is 33.9 Å². The molecule has 7 nitrogen and oxygen atoms in total. The third kappa shape index (κ3) is 4.67. The van der Waals surface area contributed by atoms with E-state index in [1.54, 1.807) is 25.1 Å². The first-order valence-corrected chi connectivity index (χ1v) is 9.98. The predicted octanol–water partition coefficient (Wildman–Crippen LogP) is 1.76. The highest BCUT2D eigenvalue weighted by molar-refractivity contribution is 6.43. The second-order valence-electron chi connectivity index (χ2n) is 6.91. The molecule has 0 saturated carbocycles. The Morgan fingerprint density at radius 1 is 1.32 bits per heavy atom. The summed E-state index contributed by atoms with van der Waals surface area (Å²) in [6.07, 6.45) is 0.984. The number of anilines is 1. The van der Waals surface area contributed by atoms with Gasteiger partial charge in [-0.25, -0.2) is 4.98 Å². The van der Waals surface area contributed by atoms with Crippen LogP contribution < -0.4 is 15.8 Å². The molecule has 1 aliphatic heterocycles. The first-order valence-electron chi connectivity index (χ1n) is 9.23. The number of hydrogen-bond acceptors (Lipinski definition) is 6. The van der Waals surface area contributed by atoms with E-state index in [0.717, 1.165) is 25.9 Å². The monoisotopic (exact) mass is 426 g/mol. The molecule has 0 radical (unpaired) electrons. The molecule has 2 heterocycles. The van der Waals surface area contributed by atoms with Gasteiger partial charge in [-0.2, -0.15) is 0 Å². The van der Waals surface area contributed by atoms with Gasteiger partial charge in [-0.1, -0.05) is 29.3 Å². The summed E-state index contributed by atoms with van der Waals surface area (Å²) in [5, 5.41) is 22.3. The number of rotatable bonds is 6. The molecule has 1 atom stereocenters. The summed E-state index contributed by atoms with van der Waals surface area (Å²) in [6, 6.07) is 6.95. The molecule has 1 aromatic heterocycles. The average molecular weight is 427 g/mol. The van der Waals surface area contributed by atoms with Crippen LogP contribution in [0.5, 0.6) is 0 Å². The number of aliphatic hydroxyl groups is 2. The van der Waals surface area contributed by atoms with Gasteiger partial charge < -0.3 is 20.4 Å². The van der Waals surface area contributed by atoms with Crippen molar-refractivity contribution in [3.63, 3.8) is 0 Å². The SMILES string of the molecule is Cc1nc(N2CCC(NC[C@@H](O)CO)CC2)cc(=O)n1-c1cccc(Cl)c1Cl. The van der Waals surface area contributed by atoms with Crippen molar-refractivity contribution in [3.8, 4) is 5.69 Å². The maximum atomic E-state index is 12.8. The first-order chi connectivity index (χ1) is 13.4. The number of piperidine rings is 1. The van der Waals surface area contributed by atoms with Gasteiger partial charge in [0.15, 0.2) is 0 Å². The third-order valence-electron chi connectivity index (χ3n) is 4.92. The molecule has 3 rings (SSSR count). The van der Waals surface area contributed by atoms with E-state index in [4.69, 9.17) is 28.3 Å². The lowest BCUT2D eigenvalue weighted by atomic mass is 10.0. The van der Waals surface area contributed by atoms with Crippen molar-refractivity contribution in [2.45, 2.75) is 31.9 Å². The molecule has 152 valence electrons. The zero-order valence-corrected chi connectivity index (χ0v) is 17.1. The number of aryl methyl sites for hydroxylation is 1. The van der Waals surface area contributed by atoms with Gasteiger partial charge in [-0.3, -0.25) is 9.36 Å². The van der Waals surface area contributed by atoms with Crippen LogP contribution in [0.25, 0.3) is 5.69 Å². The normalized spacial score (nSPS) is 16.4. The van der Waals surface area contributed by atoms with Gasteiger partial charge in [-0.15, -0.1) is 0 Å². The summed E-state index contributed by atoms with van der Waals surface area (Å²) < 4.78 is 1.46. The van der Waals surface area contributed by atoms with E-state index in [1.165, 1.54) is 10.6 Å². The number of aliphatic hydroxyl groups excluding tert-OH is 2. The topological polar surface area (TPSA) is 90.6 Å². The molecule has 0 bridgehead atoms. The molecule has 0 amide bonds. The Morgan fingerprint density at radius 2 is 2.04 bits per heavy atom. The summed E-state index contributed by atoms with van der Waals surface area (Å²) in [5.74, 6) is 1.18. The Kier molecular flexibility index (Phi) is 6.95. The van der Waals surface area contributed by atoms with E-state index in [-0.39, 0.29) is 18.2 Å². The van der Waals surface area contributed by atoms with Gasteiger partial charge in [0, 0.05) is 31.7 Å². The molecule has 1 saturated heterocycles. The van der Waals surface area contributed by atoms with Gasteiger partial charge >= 0.3 is 0 Å². The molecular formula is C19H24Cl2N4O3. The molecule has 1 fully saturated rings. The van der Waals surface area contributed by atoms with Crippen LogP contribution in [-0.4, -0.2) is 58.2 Å². The van der Waals surface area contributed by atoms with Crippen LogP contribution in [0.3, 0.4) is 0 Å². The zero-order chi connectivity index (χ0) is 20.3. The Hall–Kier alpha value is -1.64. The van der Waals surface area contributed by atoms with E-state index >= 15 is 0 Å². The summed E-state index contributed by atoms with van der Waals surface area (Å²) in [4.78, 5) is 19.5. The van der Waals surface area contributed by atoms with Gasteiger partial charge in [0.1, 0.15) is 11.6 Å². The maximum Gasteiger partial charge on any atom is 0.260 e. The number of benzene rings is 1. The van der Waals surface area contributed by atoms with Crippen LogP contribution in [-0.2, 0) is 0 Å². The molecule has 1 aliphatic rings. The van der Waals surface area contributed by atoms with Crippen LogP contribution in [0.2, 0.25) is 10.0 Å². The number of aromatic nitrogens is 2. The second-order valence-corrected chi connectivity index (χ2v) is 7.70. The molecule has 0 aliphatic carbocycles. The highest BCUT2D eigenvalue weighted by Crippen LogP contribution is 2.28. The van der Waals surface area contributed by atoms with Gasteiger partial charge in [0.2, 0.25) is 0 Å². The Balaban J connectivity index is 1.74. The summed E-state index contributed by atoms with van der Waals surface area (Å²) in [7, 11) is 0. The van der Waals surface area contributed by atoms with Crippen molar-refractivity contribution in [1.82, 2.24) is 14.9 Å². The fourth-order valence-electron chi connectivity index (χ4n) is 3.38. The van der Waals surface area contributed by atoms with Crippen molar-refractivity contribution < 1.29 is 10.2 Å². The van der Waals surface area contributed by atoms with Crippen molar-refractivity contribution >= 4 is 29.0 Å². The average Bonchev–Trinajstić information content (AvgIpc) is 2.69. The maximum absolute atomic E-state index is 12.8. The highest BCUT2D eigenvalue weighted by atomic mass is 35.5. The van der Waals surface area contributed by atoms with Crippen LogP contribution in [0, 0.1) is 6.92 Å². The Labute approximate surface area is 173 Å². The van der Waals surface area contributed by atoms with Crippen LogP contribution in [0.4, 0.5) is 5.82 Å². The van der Waals surface area contributed by atoms with Gasteiger partial charge in [0.05, 0.1) is 28.4 Å². The van der Waals surface area contributed by atoms with E-state index < -0.39 is 6.10 Å². The summed E-state index contributed by atoms with van der Waals surface area (Å²) in [6.45, 7) is 3.39. The Bertz CT molecular complexity index is 882. The minimum absolute atomic E-state index is 0.210. The lowest BCUT2D eigenvalue weighted by Gasteiger charge is -2.33. The molecule has 28 heavy (non-hydrogen) atoms. The first kappa shape index (κ1) is 21.1. The lowest BCUT2D eigenvalue weighted by molar-refractivity contribution is 0.0909. The van der Waals surface area contributed by atoms with Crippen LogP contribution in [0.1, 0.15) is 18.7 Å². The van der Waals surface area contributed by atoms with Crippen molar-refractivity contribution in [2.24, 2.45) is 0 Å². The second kappa shape index (κ2) is 9.24. The third-order valence-corrected chi connectivity index (χ3v) is 5.73. The molecule has 0 spiro atoms. The standard InChI is InChI=1S/C19H24Cl2N4O3/c1-12-23-17(24-7-5-13(6-8-24)22-10-14(27)11-26)9-18(28)25(12)16-4-2-3-15(20)19(16)21/h2-4,9,13-14,22,26-27H,5-8,10-11H2,1H3/t14-/m1/s1. The number of nitrogens with one attached hydrogen (secondary N) is 1. The van der Waals surface area contributed by atoms with Crippen molar-refractivity contribution in [2.75, 3.05) is 31.1 Å². The fourth-order valence-corrected chi connectivity index (χ4v) is 3.76. The zero-order valence-electron chi connectivity index (χ0n) is 15.6. The van der Waals surface area contributed by atoms with Gasteiger partial charge in [0.25, 0.3) is 5.56 Å². The van der Waals surface area contributed by atoms with E-state index in [1.807, 2.05) is 0 Å². The molecule has 0 unspecified atom stereocenters. The van der Waals surface area contributed by atoms with Crippen molar-refractivity contribution in [1.29, 1.82) is 0 Å².